The van der Waals surface area contributed by atoms with Crippen molar-refractivity contribution in [2.24, 2.45) is 0 Å². The zero-order chi connectivity index (χ0) is 13.1. The van der Waals surface area contributed by atoms with E-state index in [9.17, 15) is 13.2 Å². The maximum atomic E-state index is 12.1. The number of hydrogen-bond donors (Lipinski definition) is 2. The Morgan fingerprint density at radius 1 is 1.53 bits per heavy atom. The third kappa shape index (κ3) is 4.44. The van der Waals surface area contributed by atoms with Crippen molar-refractivity contribution < 1.29 is 23.0 Å². The van der Waals surface area contributed by atoms with Gasteiger partial charge in [0.15, 0.2) is 6.10 Å². The van der Waals surface area contributed by atoms with E-state index in [1.54, 1.807) is 0 Å². The molecule has 3 nitrogen and oxygen atoms in total. The van der Waals surface area contributed by atoms with Gasteiger partial charge in [-0.1, -0.05) is 6.92 Å². The molecule has 1 rings (SSSR count). The van der Waals surface area contributed by atoms with E-state index in [-0.39, 0.29) is 11.6 Å². The maximum Gasteiger partial charge on any atom is 0.415 e. The van der Waals surface area contributed by atoms with Crippen molar-refractivity contribution in [1.29, 1.82) is 0 Å². The average molecular weight is 255 g/mol. The minimum atomic E-state index is -4.55. The normalized spacial score (nSPS) is 32.5. The molecule has 17 heavy (non-hydrogen) atoms. The first kappa shape index (κ1) is 14.7. The highest BCUT2D eigenvalue weighted by atomic mass is 19.4. The third-order valence-corrected chi connectivity index (χ3v) is 3.32. The van der Waals surface area contributed by atoms with E-state index < -0.39 is 18.8 Å². The van der Waals surface area contributed by atoms with Crippen molar-refractivity contribution in [2.75, 3.05) is 13.2 Å². The van der Waals surface area contributed by atoms with E-state index in [2.05, 4.69) is 5.32 Å². The molecular weight excluding hydrogens is 235 g/mol. The lowest BCUT2D eigenvalue weighted by Gasteiger charge is -2.38. The fraction of sp³-hybridized carbons (Fsp3) is 1.00. The summed E-state index contributed by atoms with van der Waals surface area (Å²) in [5, 5.41) is 11.7. The highest BCUT2D eigenvalue weighted by molar-refractivity contribution is 4.86. The Morgan fingerprint density at radius 2 is 2.18 bits per heavy atom. The molecule has 1 aliphatic heterocycles. The van der Waals surface area contributed by atoms with Gasteiger partial charge < -0.3 is 15.2 Å². The summed E-state index contributed by atoms with van der Waals surface area (Å²) in [5.41, 5.74) is -0.265. The number of rotatable bonds is 4. The Bertz CT molecular complexity index is 247. The zero-order valence-electron chi connectivity index (χ0n) is 10.2. The largest absolute Gasteiger partial charge is 0.415 e. The molecule has 1 heterocycles. The summed E-state index contributed by atoms with van der Waals surface area (Å²) in [6.07, 6.45) is -4.66. The maximum absolute atomic E-state index is 12.1. The number of aliphatic hydroxyl groups is 1. The molecular formula is C11H20F3NO2. The third-order valence-electron chi connectivity index (χ3n) is 3.32. The molecule has 0 aromatic rings. The van der Waals surface area contributed by atoms with Crippen LogP contribution in [0.5, 0.6) is 0 Å². The van der Waals surface area contributed by atoms with E-state index in [0.717, 1.165) is 6.42 Å². The van der Waals surface area contributed by atoms with Gasteiger partial charge in [0.05, 0.1) is 5.60 Å². The molecule has 1 aliphatic rings. The van der Waals surface area contributed by atoms with Crippen LogP contribution in [0.25, 0.3) is 0 Å². The molecule has 0 radical (unpaired) electrons. The molecule has 0 aliphatic carbocycles. The van der Waals surface area contributed by atoms with Crippen LogP contribution in [-0.2, 0) is 4.74 Å². The van der Waals surface area contributed by atoms with Crippen molar-refractivity contribution in [3.05, 3.63) is 0 Å². The van der Waals surface area contributed by atoms with Gasteiger partial charge in [0.1, 0.15) is 0 Å². The van der Waals surface area contributed by atoms with Crippen molar-refractivity contribution in [2.45, 2.75) is 57.0 Å². The van der Waals surface area contributed by atoms with Gasteiger partial charge in [0.2, 0.25) is 0 Å². The molecule has 0 aromatic carbocycles. The van der Waals surface area contributed by atoms with Gasteiger partial charge in [-0.15, -0.1) is 0 Å². The van der Waals surface area contributed by atoms with Crippen molar-refractivity contribution >= 4 is 0 Å². The van der Waals surface area contributed by atoms with Crippen LogP contribution in [0.2, 0.25) is 0 Å². The van der Waals surface area contributed by atoms with Gasteiger partial charge in [-0.05, 0) is 26.2 Å². The summed E-state index contributed by atoms with van der Waals surface area (Å²) in [7, 11) is 0. The van der Waals surface area contributed by atoms with Crippen LogP contribution in [0.3, 0.4) is 0 Å². The number of alkyl halides is 3. The summed E-state index contributed by atoms with van der Waals surface area (Å²) in [6.45, 7) is 4.05. The number of nitrogens with one attached hydrogen (secondary N) is 1. The summed E-state index contributed by atoms with van der Waals surface area (Å²) in [4.78, 5) is 0. The smallest absolute Gasteiger partial charge is 0.382 e. The summed E-state index contributed by atoms with van der Waals surface area (Å²) in [5.74, 6) is 0. The second-order valence-corrected chi connectivity index (χ2v) is 4.81. The molecule has 0 aromatic heterocycles. The van der Waals surface area contributed by atoms with Crippen LogP contribution in [0.1, 0.15) is 33.1 Å². The fourth-order valence-electron chi connectivity index (χ4n) is 1.94. The second kappa shape index (κ2) is 5.54. The first-order valence-corrected chi connectivity index (χ1v) is 5.89. The summed E-state index contributed by atoms with van der Waals surface area (Å²) in [6, 6.07) is -0.0225. The minimum Gasteiger partial charge on any atom is -0.382 e. The van der Waals surface area contributed by atoms with Crippen molar-refractivity contribution in [3.63, 3.8) is 0 Å². The van der Waals surface area contributed by atoms with Gasteiger partial charge in [0.25, 0.3) is 0 Å². The standard InChI is InChI=1S/C11H20F3NO2/c1-3-10(2)6-8(4-5-17-10)15-7-9(16)11(12,13)14/h8-9,15-16H,3-7H2,1-2H3. The Kier molecular flexibility index (Phi) is 4.80. The van der Waals surface area contributed by atoms with E-state index >= 15 is 0 Å². The lowest BCUT2D eigenvalue weighted by Crippen LogP contribution is -2.48. The Hall–Kier alpha value is -0.330. The molecule has 0 saturated carbocycles. The summed E-state index contributed by atoms with van der Waals surface area (Å²) < 4.78 is 41.9. The fourth-order valence-corrected chi connectivity index (χ4v) is 1.94. The van der Waals surface area contributed by atoms with E-state index in [0.29, 0.717) is 19.4 Å². The second-order valence-electron chi connectivity index (χ2n) is 4.81. The van der Waals surface area contributed by atoms with Gasteiger partial charge in [-0.2, -0.15) is 13.2 Å². The number of ether oxygens (including phenoxy) is 1. The molecule has 1 fully saturated rings. The zero-order valence-corrected chi connectivity index (χ0v) is 10.2. The first-order valence-electron chi connectivity index (χ1n) is 5.89. The highest BCUT2D eigenvalue weighted by Crippen LogP contribution is 2.28. The number of halogens is 3. The topological polar surface area (TPSA) is 41.5 Å². The predicted molar refractivity (Wildman–Crippen MR) is 57.7 cm³/mol. The lowest BCUT2D eigenvalue weighted by atomic mass is 9.90. The van der Waals surface area contributed by atoms with E-state index in [4.69, 9.17) is 9.84 Å². The molecule has 6 heteroatoms. The Balaban J connectivity index is 2.37. The summed E-state index contributed by atoms with van der Waals surface area (Å²) >= 11 is 0. The van der Waals surface area contributed by atoms with E-state index in [1.807, 2.05) is 13.8 Å². The average Bonchev–Trinajstić information content (AvgIpc) is 2.25. The highest BCUT2D eigenvalue weighted by Gasteiger charge is 2.39. The molecule has 3 atom stereocenters. The molecule has 0 amide bonds. The molecule has 3 unspecified atom stereocenters. The van der Waals surface area contributed by atoms with Gasteiger partial charge in [-0.3, -0.25) is 0 Å². The number of aliphatic hydroxyl groups excluding tert-OH is 1. The van der Waals surface area contributed by atoms with Crippen LogP contribution in [0.4, 0.5) is 13.2 Å². The van der Waals surface area contributed by atoms with Crippen LogP contribution in [0.15, 0.2) is 0 Å². The van der Waals surface area contributed by atoms with E-state index in [1.165, 1.54) is 0 Å². The quantitative estimate of drug-likeness (QED) is 0.805. The Morgan fingerprint density at radius 3 is 2.71 bits per heavy atom. The molecule has 2 N–H and O–H groups in total. The SMILES string of the molecule is CCC1(C)CC(NCC(O)C(F)(F)F)CCO1. The van der Waals surface area contributed by atoms with Gasteiger partial charge in [-0.25, -0.2) is 0 Å². The lowest BCUT2D eigenvalue weighted by molar-refractivity contribution is -0.202. The van der Waals surface area contributed by atoms with Crippen molar-refractivity contribution in [3.8, 4) is 0 Å². The molecule has 0 spiro atoms. The molecule has 1 saturated heterocycles. The van der Waals surface area contributed by atoms with Crippen LogP contribution < -0.4 is 5.32 Å². The minimum absolute atomic E-state index is 0.0225. The van der Waals surface area contributed by atoms with Gasteiger partial charge >= 0.3 is 6.18 Å². The van der Waals surface area contributed by atoms with Crippen molar-refractivity contribution in [1.82, 2.24) is 5.32 Å². The van der Waals surface area contributed by atoms with Crippen LogP contribution in [0, 0.1) is 0 Å². The first-order chi connectivity index (χ1) is 7.77. The molecule has 102 valence electrons. The monoisotopic (exact) mass is 255 g/mol. The van der Waals surface area contributed by atoms with Crippen LogP contribution >= 0.6 is 0 Å². The van der Waals surface area contributed by atoms with Crippen LogP contribution in [-0.4, -0.2) is 42.2 Å². The Labute approximate surface area is 99.3 Å². The molecule has 0 bridgehead atoms. The predicted octanol–water partition coefficient (Wildman–Crippen LogP) is 1.85. The van der Waals surface area contributed by atoms with Gasteiger partial charge in [0, 0.05) is 19.2 Å². The number of hydrogen-bond acceptors (Lipinski definition) is 3.